The number of hydrogen-bond acceptors (Lipinski definition) is 5. The van der Waals surface area contributed by atoms with Gasteiger partial charge in [0.25, 0.3) is 5.91 Å². The third kappa shape index (κ3) is 6.29. The number of rotatable bonds is 8. The number of carbonyl (C=O) groups is 1. The van der Waals surface area contributed by atoms with Crippen LogP contribution in [0.2, 0.25) is 5.02 Å². The van der Waals surface area contributed by atoms with Crippen LogP contribution < -0.4 is 16.4 Å². The standard InChI is InChI=1S/C22H31ClN4O2/c23-16-7-4-15(5-8-16)13-26-22(29)21(25)18-10-6-14(12-19(18)24)2-1-3-17-9-11-20(28)27-17/h4-5,7-8,14,17,20,25,27-28H,1-3,6,9-13,24H2,(H,26,29)/t14?,17-,20?/m0/s1. The SMILES string of the molecule is N=C(C(=O)NCc1ccc(Cl)cc1)C1=C(N)CC(CCC[C@H]2CCC(O)N2)CC1. The van der Waals surface area contributed by atoms with Crippen LogP contribution in [-0.4, -0.2) is 29.0 Å². The number of nitrogens with one attached hydrogen (secondary N) is 3. The maximum absolute atomic E-state index is 12.4. The lowest BCUT2D eigenvalue weighted by molar-refractivity contribution is -0.115. The van der Waals surface area contributed by atoms with Gasteiger partial charge in [-0.3, -0.25) is 15.5 Å². The van der Waals surface area contributed by atoms with Crippen LogP contribution in [0, 0.1) is 11.3 Å². The number of allylic oxidation sites excluding steroid dienone is 1. The molecule has 1 amide bonds. The van der Waals surface area contributed by atoms with Gasteiger partial charge in [0.15, 0.2) is 0 Å². The molecule has 1 aromatic carbocycles. The fourth-order valence-corrected chi connectivity index (χ4v) is 4.39. The number of carbonyl (C=O) groups excluding carboxylic acids is 1. The zero-order valence-corrected chi connectivity index (χ0v) is 17.5. The molecule has 1 aromatic rings. The summed E-state index contributed by atoms with van der Waals surface area (Å²) in [6.07, 6.45) is 7.22. The van der Waals surface area contributed by atoms with Crippen molar-refractivity contribution in [2.75, 3.05) is 0 Å². The Labute approximate surface area is 177 Å². The minimum absolute atomic E-state index is 0.0148. The topological polar surface area (TPSA) is 111 Å². The maximum Gasteiger partial charge on any atom is 0.269 e. The summed E-state index contributed by atoms with van der Waals surface area (Å²) in [7, 11) is 0. The lowest BCUT2D eigenvalue weighted by atomic mass is 9.82. The number of benzene rings is 1. The fraction of sp³-hybridized carbons (Fsp3) is 0.545. The van der Waals surface area contributed by atoms with Crippen LogP contribution in [0.4, 0.5) is 0 Å². The second kappa shape index (κ2) is 10.2. The van der Waals surface area contributed by atoms with E-state index in [1.807, 2.05) is 12.1 Å². The zero-order chi connectivity index (χ0) is 20.8. The molecule has 6 N–H and O–H groups in total. The fourth-order valence-electron chi connectivity index (χ4n) is 4.27. The van der Waals surface area contributed by atoms with Gasteiger partial charge in [-0.1, -0.05) is 36.6 Å². The van der Waals surface area contributed by atoms with Crippen LogP contribution in [-0.2, 0) is 11.3 Å². The van der Waals surface area contributed by atoms with Gasteiger partial charge >= 0.3 is 0 Å². The second-order valence-electron chi connectivity index (χ2n) is 8.18. The van der Waals surface area contributed by atoms with Crippen molar-refractivity contribution in [2.45, 2.75) is 70.2 Å². The molecule has 1 aliphatic carbocycles. The molecule has 0 radical (unpaired) electrons. The summed E-state index contributed by atoms with van der Waals surface area (Å²) in [4.78, 5) is 12.4. The van der Waals surface area contributed by atoms with Crippen LogP contribution in [0.1, 0.15) is 56.9 Å². The van der Waals surface area contributed by atoms with E-state index >= 15 is 0 Å². The molecule has 1 saturated heterocycles. The highest BCUT2D eigenvalue weighted by molar-refractivity contribution is 6.44. The maximum atomic E-state index is 12.4. The third-order valence-corrected chi connectivity index (χ3v) is 6.23. The molecule has 1 heterocycles. The molecule has 7 heteroatoms. The molecule has 2 unspecified atom stereocenters. The van der Waals surface area contributed by atoms with Crippen LogP contribution in [0.15, 0.2) is 35.5 Å². The van der Waals surface area contributed by atoms with Crippen molar-refractivity contribution in [3.05, 3.63) is 46.1 Å². The van der Waals surface area contributed by atoms with Crippen LogP contribution in [0.25, 0.3) is 0 Å². The Kier molecular flexibility index (Phi) is 7.70. The summed E-state index contributed by atoms with van der Waals surface area (Å²) in [5.41, 5.74) is 8.54. The van der Waals surface area contributed by atoms with E-state index in [4.69, 9.17) is 22.7 Å². The highest BCUT2D eigenvalue weighted by atomic mass is 35.5. The summed E-state index contributed by atoms with van der Waals surface area (Å²) in [5.74, 6) is 0.122. The van der Waals surface area contributed by atoms with Crippen molar-refractivity contribution in [3.8, 4) is 0 Å². The normalized spacial score (nSPS) is 24.6. The van der Waals surface area contributed by atoms with Gasteiger partial charge < -0.3 is 16.2 Å². The number of hydrogen-bond donors (Lipinski definition) is 5. The first-order valence-electron chi connectivity index (χ1n) is 10.5. The number of aliphatic hydroxyl groups is 1. The Morgan fingerprint density at radius 2 is 2.00 bits per heavy atom. The van der Waals surface area contributed by atoms with Gasteiger partial charge in [0, 0.05) is 28.9 Å². The predicted octanol–water partition coefficient (Wildman–Crippen LogP) is 3.23. The molecule has 0 bridgehead atoms. The van der Waals surface area contributed by atoms with Gasteiger partial charge in [-0.2, -0.15) is 0 Å². The smallest absolute Gasteiger partial charge is 0.269 e. The van der Waals surface area contributed by atoms with Gasteiger partial charge in [0.05, 0.1) is 0 Å². The lowest BCUT2D eigenvalue weighted by Crippen LogP contribution is -2.33. The Morgan fingerprint density at radius 1 is 1.24 bits per heavy atom. The molecule has 158 valence electrons. The average Bonchev–Trinajstić information content (AvgIpc) is 3.12. The van der Waals surface area contributed by atoms with Gasteiger partial charge in [0.1, 0.15) is 11.9 Å². The van der Waals surface area contributed by atoms with Crippen molar-refractivity contribution in [1.82, 2.24) is 10.6 Å². The van der Waals surface area contributed by atoms with Crippen molar-refractivity contribution in [1.29, 1.82) is 5.41 Å². The van der Waals surface area contributed by atoms with Crippen LogP contribution in [0.3, 0.4) is 0 Å². The van der Waals surface area contributed by atoms with E-state index in [-0.39, 0.29) is 17.8 Å². The van der Waals surface area contributed by atoms with Crippen molar-refractivity contribution in [2.24, 2.45) is 11.7 Å². The van der Waals surface area contributed by atoms with Crippen molar-refractivity contribution >= 4 is 23.2 Å². The highest BCUT2D eigenvalue weighted by Crippen LogP contribution is 2.31. The number of halogens is 1. The summed E-state index contributed by atoms with van der Waals surface area (Å²) in [6.45, 7) is 0.359. The average molecular weight is 419 g/mol. The number of aliphatic hydroxyl groups excluding tert-OH is 1. The van der Waals surface area contributed by atoms with E-state index in [2.05, 4.69) is 10.6 Å². The van der Waals surface area contributed by atoms with E-state index < -0.39 is 0 Å². The summed E-state index contributed by atoms with van der Waals surface area (Å²) < 4.78 is 0. The van der Waals surface area contributed by atoms with E-state index in [9.17, 15) is 9.90 Å². The summed E-state index contributed by atoms with van der Waals surface area (Å²) >= 11 is 5.87. The summed E-state index contributed by atoms with van der Waals surface area (Å²) in [6, 6.07) is 7.69. The molecule has 3 rings (SSSR count). The first kappa shape index (κ1) is 21.8. The zero-order valence-electron chi connectivity index (χ0n) is 16.7. The molecule has 0 aromatic heterocycles. The van der Waals surface area contributed by atoms with Gasteiger partial charge in [-0.15, -0.1) is 0 Å². The monoisotopic (exact) mass is 418 g/mol. The van der Waals surface area contributed by atoms with Gasteiger partial charge in [-0.25, -0.2) is 0 Å². The highest BCUT2D eigenvalue weighted by Gasteiger charge is 2.26. The molecule has 6 nitrogen and oxygen atoms in total. The Hall–Kier alpha value is -1.89. The van der Waals surface area contributed by atoms with Crippen LogP contribution >= 0.6 is 11.6 Å². The Morgan fingerprint density at radius 3 is 2.66 bits per heavy atom. The molecule has 1 aliphatic heterocycles. The van der Waals surface area contributed by atoms with E-state index in [1.165, 1.54) is 0 Å². The van der Waals surface area contributed by atoms with Crippen molar-refractivity contribution < 1.29 is 9.90 Å². The molecule has 29 heavy (non-hydrogen) atoms. The van der Waals surface area contributed by atoms with Gasteiger partial charge in [0.2, 0.25) is 0 Å². The lowest BCUT2D eigenvalue weighted by Gasteiger charge is -2.26. The van der Waals surface area contributed by atoms with Crippen molar-refractivity contribution in [3.63, 3.8) is 0 Å². The molecular formula is C22H31ClN4O2. The molecule has 2 aliphatic rings. The number of amides is 1. The predicted molar refractivity (Wildman–Crippen MR) is 116 cm³/mol. The molecular weight excluding hydrogens is 388 g/mol. The Balaban J connectivity index is 1.43. The first-order chi connectivity index (χ1) is 13.9. The minimum Gasteiger partial charge on any atom is -0.402 e. The third-order valence-electron chi connectivity index (χ3n) is 5.98. The molecule has 0 saturated carbocycles. The number of nitrogens with two attached hydrogens (primary N) is 1. The van der Waals surface area contributed by atoms with E-state index in [0.29, 0.717) is 41.2 Å². The molecule has 0 spiro atoms. The second-order valence-corrected chi connectivity index (χ2v) is 8.62. The van der Waals surface area contributed by atoms with E-state index in [1.54, 1.807) is 12.1 Å². The quantitative estimate of drug-likeness (QED) is 0.417. The van der Waals surface area contributed by atoms with E-state index in [0.717, 1.165) is 50.5 Å². The first-order valence-corrected chi connectivity index (χ1v) is 10.8. The summed E-state index contributed by atoms with van der Waals surface area (Å²) in [5, 5.41) is 24.4. The van der Waals surface area contributed by atoms with Gasteiger partial charge in [-0.05, 0) is 62.1 Å². The Bertz CT molecular complexity index is 763. The largest absolute Gasteiger partial charge is 0.402 e. The molecule has 3 atom stereocenters. The molecule has 1 fully saturated rings. The van der Waals surface area contributed by atoms with Crippen LogP contribution in [0.5, 0.6) is 0 Å². The minimum atomic E-state index is -0.387.